The highest BCUT2D eigenvalue weighted by atomic mass is 16.4. The minimum absolute atomic E-state index is 0.0527. The lowest BCUT2D eigenvalue weighted by Gasteiger charge is -2.20. The first-order chi connectivity index (χ1) is 12.6. The number of carboxylic acids is 1. The second-order valence-electron chi connectivity index (χ2n) is 7.36. The van der Waals surface area contributed by atoms with E-state index in [4.69, 9.17) is 0 Å². The number of aliphatic carboxylic acids is 1. The van der Waals surface area contributed by atoms with Crippen LogP contribution in [0.4, 0.5) is 0 Å². The van der Waals surface area contributed by atoms with Crippen molar-refractivity contribution in [1.82, 2.24) is 4.90 Å². The Hall–Kier alpha value is -2.62. The molecule has 0 saturated carbocycles. The zero-order valence-corrected chi connectivity index (χ0v) is 14.7. The molecule has 0 bridgehead atoms. The molecule has 1 amide bonds. The van der Waals surface area contributed by atoms with E-state index >= 15 is 0 Å². The SMILES string of the molecule is O=C(O)[C@@H]1CN(C(=O)c2ccc3c(c2)CCCC3)C[C@@H]1c1ccccc1. The van der Waals surface area contributed by atoms with E-state index in [0.29, 0.717) is 12.1 Å². The predicted molar refractivity (Wildman–Crippen MR) is 99.3 cm³/mol. The smallest absolute Gasteiger partial charge is 0.308 e. The van der Waals surface area contributed by atoms with Crippen LogP contribution in [-0.4, -0.2) is 35.0 Å². The molecule has 2 aromatic carbocycles. The summed E-state index contributed by atoms with van der Waals surface area (Å²) in [5.74, 6) is -1.60. The maximum absolute atomic E-state index is 13.0. The van der Waals surface area contributed by atoms with E-state index in [9.17, 15) is 14.7 Å². The van der Waals surface area contributed by atoms with Gasteiger partial charge in [0.2, 0.25) is 0 Å². The number of nitrogens with zero attached hydrogens (tertiary/aromatic N) is 1. The van der Waals surface area contributed by atoms with Gasteiger partial charge in [-0.3, -0.25) is 9.59 Å². The molecule has 4 rings (SSSR count). The van der Waals surface area contributed by atoms with Crippen LogP contribution < -0.4 is 0 Å². The van der Waals surface area contributed by atoms with Gasteiger partial charge in [0.25, 0.3) is 5.91 Å². The number of carbonyl (C=O) groups excluding carboxylic acids is 1. The maximum atomic E-state index is 13.0. The molecule has 134 valence electrons. The van der Waals surface area contributed by atoms with Crippen LogP contribution in [0, 0.1) is 5.92 Å². The fraction of sp³-hybridized carbons (Fsp3) is 0.364. The van der Waals surface area contributed by atoms with Crippen molar-refractivity contribution in [2.45, 2.75) is 31.6 Å². The number of hydrogen-bond acceptors (Lipinski definition) is 2. The fourth-order valence-corrected chi connectivity index (χ4v) is 4.31. The molecule has 4 nitrogen and oxygen atoms in total. The van der Waals surface area contributed by atoms with Gasteiger partial charge in [0, 0.05) is 24.6 Å². The normalized spacial score (nSPS) is 22.1. The zero-order valence-electron chi connectivity index (χ0n) is 14.7. The van der Waals surface area contributed by atoms with Crippen LogP contribution in [-0.2, 0) is 17.6 Å². The van der Waals surface area contributed by atoms with Gasteiger partial charge < -0.3 is 10.0 Å². The molecular weight excluding hydrogens is 326 g/mol. The lowest BCUT2D eigenvalue weighted by Crippen LogP contribution is -2.30. The maximum Gasteiger partial charge on any atom is 0.308 e. The molecular formula is C22H23NO3. The van der Waals surface area contributed by atoms with Gasteiger partial charge in [0.1, 0.15) is 0 Å². The molecule has 1 N–H and O–H groups in total. The van der Waals surface area contributed by atoms with E-state index in [-0.39, 0.29) is 18.4 Å². The highest BCUT2D eigenvalue weighted by Gasteiger charge is 2.40. The largest absolute Gasteiger partial charge is 0.481 e. The molecule has 2 aliphatic rings. The Morgan fingerprint density at radius 1 is 0.923 bits per heavy atom. The first kappa shape index (κ1) is 16.8. The van der Waals surface area contributed by atoms with Gasteiger partial charge in [0.15, 0.2) is 0 Å². The second-order valence-corrected chi connectivity index (χ2v) is 7.36. The van der Waals surface area contributed by atoms with Crippen LogP contribution in [0.2, 0.25) is 0 Å². The van der Waals surface area contributed by atoms with E-state index in [0.717, 1.165) is 18.4 Å². The third-order valence-corrected chi connectivity index (χ3v) is 5.75. The minimum atomic E-state index is -0.834. The predicted octanol–water partition coefficient (Wildman–Crippen LogP) is 3.51. The zero-order chi connectivity index (χ0) is 18.1. The van der Waals surface area contributed by atoms with E-state index in [1.165, 1.54) is 24.0 Å². The summed E-state index contributed by atoms with van der Waals surface area (Å²) in [6.45, 7) is 0.724. The van der Waals surface area contributed by atoms with Crippen LogP contribution in [0.3, 0.4) is 0 Å². The lowest BCUT2D eigenvalue weighted by atomic mass is 9.89. The molecule has 1 saturated heterocycles. The van der Waals surface area contributed by atoms with Crippen LogP contribution in [0.5, 0.6) is 0 Å². The Kier molecular flexibility index (Phi) is 4.49. The van der Waals surface area contributed by atoms with Gasteiger partial charge in [-0.2, -0.15) is 0 Å². The average molecular weight is 349 g/mol. The summed E-state index contributed by atoms with van der Waals surface area (Å²) in [6.07, 6.45) is 4.50. The van der Waals surface area contributed by atoms with Gasteiger partial charge in [-0.15, -0.1) is 0 Å². The number of likely N-dealkylation sites (tertiary alicyclic amines) is 1. The summed E-state index contributed by atoms with van der Waals surface area (Å²) in [5, 5.41) is 9.64. The van der Waals surface area contributed by atoms with Crippen molar-refractivity contribution in [3.05, 3.63) is 70.8 Å². The Balaban J connectivity index is 1.58. The number of fused-ring (bicyclic) bond motifs is 1. The molecule has 4 heteroatoms. The van der Waals surface area contributed by atoms with Crippen molar-refractivity contribution in [2.75, 3.05) is 13.1 Å². The molecule has 0 aromatic heterocycles. The van der Waals surface area contributed by atoms with E-state index in [1.54, 1.807) is 4.90 Å². The van der Waals surface area contributed by atoms with Crippen molar-refractivity contribution in [1.29, 1.82) is 0 Å². The summed E-state index contributed by atoms with van der Waals surface area (Å²) in [6, 6.07) is 15.7. The Morgan fingerprint density at radius 2 is 1.65 bits per heavy atom. The third-order valence-electron chi connectivity index (χ3n) is 5.75. The van der Waals surface area contributed by atoms with Crippen molar-refractivity contribution in [2.24, 2.45) is 5.92 Å². The van der Waals surface area contributed by atoms with E-state index in [1.807, 2.05) is 42.5 Å². The van der Waals surface area contributed by atoms with Crippen LogP contribution in [0.1, 0.15) is 45.8 Å². The standard InChI is InChI=1S/C22H23NO3/c24-21(18-11-10-15-6-4-5-9-17(15)12-18)23-13-19(20(14-23)22(25)26)16-7-2-1-3-8-16/h1-3,7-8,10-12,19-20H,4-6,9,13-14H2,(H,25,26)/t19-,20-/m1/s1. The highest BCUT2D eigenvalue weighted by Crippen LogP contribution is 2.34. The number of hydrogen-bond donors (Lipinski definition) is 1. The number of carboxylic acid groups (broad SMARTS) is 1. The summed E-state index contributed by atoms with van der Waals surface area (Å²) in [7, 11) is 0. The lowest BCUT2D eigenvalue weighted by molar-refractivity contribution is -0.141. The van der Waals surface area contributed by atoms with Gasteiger partial charge in [-0.05, 0) is 54.5 Å². The molecule has 1 heterocycles. The molecule has 0 spiro atoms. The van der Waals surface area contributed by atoms with Crippen molar-refractivity contribution >= 4 is 11.9 Å². The van der Waals surface area contributed by atoms with Crippen molar-refractivity contribution in [3.63, 3.8) is 0 Å². The summed E-state index contributed by atoms with van der Waals surface area (Å²) >= 11 is 0. The molecule has 1 aliphatic carbocycles. The monoisotopic (exact) mass is 349 g/mol. The van der Waals surface area contributed by atoms with Crippen LogP contribution in [0.25, 0.3) is 0 Å². The van der Waals surface area contributed by atoms with E-state index in [2.05, 4.69) is 6.07 Å². The Bertz CT molecular complexity index is 831. The Labute approximate surface area is 153 Å². The van der Waals surface area contributed by atoms with Crippen LogP contribution >= 0.6 is 0 Å². The molecule has 0 unspecified atom stereocenters. The van der Waals surface area contributed by atoms with Gasteiger partial charge in [-0.1, -0.05) is 36.4 Å². The summed E-state index contributed by atoms with van der Waals surface area (Å²) in [4.78, 5) is 26.5. The minimum Gasteiger partial charge on any atom is -0.481 e. The van der Waals surface area contributed by atoms with E-state index < -0.39 is 11.9 Å². The van der Waals surface area contributed by atoms with Crippen molar-refractivity contribution in [3.8, 4) is 0 Å². The number of benzene rings is 2. The third kappa shape index (κ3) is 3.12. The highest BCUT2D eigenvalue weighted by molar-refractivity contribution is 5.95. The number of carbonyl (C=O) groups is 2. The topological polar surface area (TPSA) is 57.6 Å². The fourth-order valence-electron chi connectivity index (χ4n) is 4.31. The Morgan fingerprint density at radius 3 is 2.38 bits per heavy atom. The quantitative estimate of drug-likeness (QED) is 0.923. The summed E-state index contributed by atoms with van der Waals surface area (Å²) in [5.41, 5.74) is 4.29. The number of rotatable bonds is 3. The molecule has 2 aromatic rings. The summed E-state index contributed by atoms with van der Waals surface area (Å²) < 4.78 is 0. The number of amides is 1. The molecule has 0 radical (unpaired) electrons. The van der Waals surface area contributed by atoms with Gasteiger partial charge in [-0.25, -0.2) is 0 Å². The molecule has 26 heavy (non-hydrogen) atoms. The molecule has 1 fully saturated rings. The molecule has 1 aliphatic heterocycles. The number of aryl methyl sites for hydroxylation is 2. The van der Waals surface area contributed by atoms with Gasteiger partial charge >= 0.3 is 5.97 Å². The van der Waals surface area contributed by atoms with Gasteiger partial charge in [0.05, 0.1) is 5.92 Å². The average Bonchev–Trinajstić information content (AvgIpc) is 3.13. The first-order valence-electron chi connectivity index (χ1n) is 9.32. The van der Waals surface area contributed by atoms with Crippen molar-refractivity contribution < 1.29 is 14.7 Å². The van der Waals surface area contributed by atoms with Crippen LogP contribution in [0.15, 0.2) is 48.5 Å². The molecule has 2 atom stereocenters. The second kappa shape index (κ2) is 6.94. The first-order valence-corrected chi connectivity index (χ1v) is 9.32.